The van der Waals surface area contributed by atoms with Crippen molar-refractivity contribution in [2.45, 2.75) is 37.9 Å². The van der Waals surface area contributed by atoms with Crippen molar-refractivity contribution in [2.24, 2.45) is 0 Å². The first kappa shape index (κ1) is 18.2. The molecule has 1 atom stereocenters. The predicted molar refractivity (Wildman–Crippen MR) is 105 cm³/mol. The molecule has 0 bridgehead atoms. The van der Waals surface area contributed by atoms with Gasteiger partial charge in [0.05, 0.1) is 31.3 Å². The number of morpholine rings is 1. The molecule has 2 fully saturated rings. The summed E-state index contributed by atoms with van der Waals surface area (Å²) in [6.45, 7) is 5.02. The summed E-state index contributed by atoms with van der Waals surface area (Å²) in [6, 6.07) is 18.5. The zero-order valence-corrected chi connectivity index (χ0v) is 15.9. The highest BCUT2D eigenvalue weighted by molar-refractivity contribution is 5.91. The Morgan fingerprint density at radius 2 is 2.00 bits per heavy atom. The van der Waals surface area contributed by atoms with Gasteiger partial charge in [0.25, 0.3) is 0 Å². The summed E-state index contributed by atoms with van der Waals surface area (Å²) in [5, 5.41) is 0. The van der Waals surface area contributed by atoms with Crippen molar-refractivity contribution in [3.63, 3.8) is 0 Å². The van der Waals surface area contributed by atoms with Crippen LogP contribution in [0.5, 0.6) is 0 Å². The molecule has 2 aromatic carbocycles. The Balaban J connectivity index is 1.32. The van der Waals surface area contributed by atoms with Crippen molar-refractivity contribution >= 4 is 5.91 Å². The topological polar surface area (TPSA) is 38.8 Å². The second-order valence-corrected chi connectivity index (χ2v) is 7.70. The van der Waals surface area contributed by atoms with Crippen LogP contribution in [0.15, 0.2) is 54.6 Å². The van der Waals surface area contributed by atoms with E-state index < -0.39 is 0 Å². The van der Waals surface area contributed by atoms with Gasteiger partial charge in [0, 0.05) is 13.1 Å². The molecule has 4 nitrogen and oxygen atoms in total. The first-order chi connectivity index (χ1) is 13.2. The van der Waals surface area contributed by atoms with Gasteiger partial charge in [0.15, 0.2) is 0 Å². The quantitative estimate of drug-likeness (QED) is 0.787. The monoisotopic (exact) mass is 365 g/mol. The van der Waals surface area contributed by atoms with Crippen LogP contribution in [-0.4, -0.2) is 43.2 Å². The minimum absolute atomic E-state index is 0.0564. The number of ether oxygens (including phenoxy) is 2. The molecule has 1 saturated heterocycles. The molecular formula is C23H27NO3. The second kappa shape index (κ2) is 7.83. The lowest BCUT2D eigenvalue weighted by Gasteiger charge is -2.35. The van der Waals surface area contributed by atoms with E-state index in [-0.39, 0.29) is 17.4 Å². The van der Waals surface area contributed by atoms with Crippen LogP contribution in [0.4, 0.5) is 0 Å². The van der Waals surface area contributed by atoms with Gasteiger partial charge in [0.1, 0.15) is 0 Å². The molecule has 0 radical (unpaired) electrons. The Morgan fingerprint density at radius 3 is 2.74 bits per heavy atom. The highest BCUT2D eigenvalue weighted by Gasteiger charge is 2.53. The highest BCUT2D eigenvalue weighted by atomic mass is 16.5. The number of hydrogen-bond donors (Lipinski definition) is 0. The lowest BCUT2D eigenvalue weighted by atomic mass is 9.94. The summed E-state index contributed by atoms with van der Waals surface area (Å²) in [5.41, 5.74) is 3.25. The smallest absolute Gasteiger partial charge is 0.233 e. The van der Waals surface area contributed by atoms with E-state index in [1.807, 2.05) is 29.2 Å². The average Bonchev–Trinajstić information content (AvgIpc) is 3.50. The van der Waals surface area contributed by atoms with Crippen LogP contribution < -0.4 is 0 Å². The largest absolute Gasteiger partial charge is 0.374 e. The van der Waals surface area contributed by atoms with Gasteiger partial charge < -0.3 is 14.4 Å². The van der Waals surface area contributed by atoms with Gasteiger partial charge in [-0.25, -0.2) is 0 Å². The number of aryl methyl sites for hydroxylation is 1. The summed E-state index contributed by atoms with van der Waals surface area (Å²) in [5.74, 6) is 0.251. The molecule has 4 heteroatoms. The van der Waals surface area contributed by atoms with E-state index in [0.29, 0.717) is 32.9 Å². The second-order valence-electron chi connectivity index (χ2n) is 7.70. The maximum absolute atomic E-state index is 13.2. The Bertz CT molecular complexity index is 785. The molecule has 1 aliphatic heterocycles. The first-order valence-corrected chi connectivity index (χ1v) is 9.77. The van der Waals surface area contributed by atoms with E-state index in [4.69, 9.17) is 9.47 Å². The lowest BCUT2D eigenvalue weighted by molar-refractivity contribution is -0.144. The summed E-state index contributed by atoms with van der Waals surface area (Å²) < 4.78 is 11.7. The third kappa shape index (κ3) is 4.07. The molecular weight excluding hydrogens is 338 g/mol. The Labute approximate surface area is 161 Å². The predicted octanol–water partition coefficient (Wildman–Crippen LogP) is 3.47. The normalized spacial score (nSPS) is 21.1. The number of rotatable bonds is 6. The van der Waals surface area contributed by atoms with Crippen LogP contribution in [0.2, 0.25) is 0 Å². The van der Waals surface area contributed by atoms with E-state index >= 15 is 0 Å². The molecule has 1 aliphatic carbocycles. The highest BCUT2D eigenvalue weighted by Crippen LogP contribution is 2.49. The molecule has 0 N–H and O–H groups in total. The maximum atomic E-state index is 13.2. The molecule has 1 amide bonds. The Morgan fingerprint density at radius 1 is 1.19 bits per heavy atom. The summed E-state index contributed by atoms with van der Waals surface area (Å²) >= 11 is 0. The average molecular weight is 365 g/mol. The Hall–Kier alpha value is -2.17. The minimum Gasteiger partial charge on any atom is -0.374 e. The van der Waals surface area contributed by atoms with Gasteiger partial charge in [0.2, 0.25) is 5.91 Å². The van der Waals surface area contributed by atoms with E-state index in [1.165, 1.54) is 11.1 Å². The Kier molecular flexibility index (Phi) is 5.28. The summed E-state index contributed by atoms with van der Waals surface area (Å²) in [6.07, 6.45) is 1.84. The molecule has 4 rings (SSSR count). The number of carbonyl (C=O) groups excluding carboxylic acids is 1. The molecule has 27 heavy (non-hydrogen) atoms. The first-order valence-electron chi connectivity index (χ1n) is 9.77. The number of nitrogens with zero attached hydrogens (tertiary/aromatic N) is 1. The van der Waals surface area contributed by atoms with Crippen LogP contribution in [-0.2, 0) is 26.3 Å². The summed E-state index contributed by atoms with van der Waals surface area (Å²) in [4.78, 5) is 15.2. The molecule has 0 spiro atoms. The fraction of sp³-hybridized carbons (Fsp3) is 0.435. The van der Waals surface area contributed by atoms with Crippen LogP contribution in [0.3, 0.4) is 0 Å². The fourth-order valence-corrected chi connectivity index (χ4v) is 3.93. The van der Waals surface area contributed by atoms with Crippen LogP contribution in [0.25, 0.3) is 0 Å². The summed E-state index contributed by atoms with van der Waals surface area (Å²) in [7, 11) is 0. The molecule has 2 aromatic rings. The van der Waals surface area contributed by atoms with E-state index in [0.717, 1.165) is 18.4 Å². The standard InChI is InChI=1S/C23H27NO3/c1-18-6-5-7-19(14-18)16-26-17-21-15-24(12-13-27-21)22(25)23(10-11-23)20-8-3-2-4-9-20/h2-9,14,21H,10-13,15-17H2,1H3. The SMILES string of the molecule is Cc1cccc(COCC2CN(C(=O)C3(c4ccccc4)CC3)CCO2)c1. The van der Waals surface area contributed by atoms with Crippen molar-refractivity contribution in [3.05, 3.63) is 71.3 Å². The molecule has 0 aromatic heterocycles. The molecule has 1 unspecified atom stereocenters. The molecule has 2 aliphatic rings. The van der Waals surface area contributed by atoms with Crippen molar-refractivity contribution in [1.29, 1.82) is 0 Å². The fourth-order valence-electron chi connectivity index (χ4n) is 3.93. The zero-order chi connectivity index (χ0) is 18.7. The number of hydrogen-bond acceptors (Lipinski definition) is 3. The lowest BCUT2D eigenvalue weighted by Crippen LogP contribution is -2.50. The number of carbonyl (C=O) groups is 1. The van der Waals surface area contributed by atoms with Gasteiger partial charge in [-0.1, -0.05) is 60.2 Å². The van der Waals surface area contributed by atoms with Crippen molar-refractivity contribution in [3.8, 4) is 0 Å². The van der Waals surface area contributed by atoms with Gasteiger partial charge in [-0.2, -0.15) is 0 Å². The van der Waals surface area contributed by atoms with Crippen LogP contribution in [0.1, 0.15) is 29.5 Å². The third-order valence-corrected chi connectivity index (χ3v) is 5.57. The zero-order valence-electron chi connectivity index (χ0n) is 15.9. The molecule has 142 valence electrons. The maximum Gasteiger partial charge on any atom is 0.233 e. The molecule has 1 heterocycles. The van der Waals surface area contributed by atoms with Crippen LogP contribution in [0, 0.1) is 6.92 Å². The van der Waals surface area contributed by atoms with Crippen molar-refractivity contribution in [2.75, 3.05) is 26.3 Å². The number of benzene rings is 2. The van der Waals surface area contributed by atoms with E-state index in [1.54, 1.807) is 0 Å². The van der Waals surface area contributed by atoms with Crippen molar-refractivity contribution < 1.29 is 14.3 Å². The van der Waals surface area contributed by atoms with Crippen molar-refractivity contribution in [1.82, 2.24) is 4.90 Å². The minimum atomic E-state index is -0.300. The number of amides is 1. The van der Waals surface area contributed by atoms with Crippen LogP contribution >= 0.6 is 0 Å². The van der Waals surface area contributed by atoms with Gasteiger partial charge in [-0.15, -0.1) is 0 Å². The third-order valence-electron chi connectivity index (χ3n) is 5.57. The molecule has 1 saturated carbocycles. The van der Waals surface area contributed by atoms with E-state index in [9.17, 15) is 4.79 Å². The van der Waals surface area contributed by atoms with E-state index in [2.05, 4.69) is 37.3 Å². The van der Waals surface area contributed by atoms with Gasteiger partial charge in [-0.3, -0.25) is 4.79 Å². The van der Waals surface area contributed by atoms with Gasteiger partial charge >= 0.3 is 0 Å². The van der Waals surface area contributed by atoms with Gasteiger partial charge in [-0.05, 0) is 30.9 Å².